The summed E-state index contributed by atoms with van der Waals surface area (Å²) in [5.74, 6) is 0. The molecule has 1 atom stereocenters. The van der Waals surface area contributed by atoms with Gasteiger partial charge in [0.2, 0.25) is 10.0 Å². The number of fused-ring (bicyclic) bond motifs is 1. The molecule has 6 heteroatoms. The van der Waals surface area contributed by atoms with Gasteiger partial charge in [0, 0.05) is 6.54 Å². The Bertz CT molecular complexity index is 754. The van der Waals surface area contributed by atoms with Crippen LogP contribution in [0.3, 0.4) is 0 Å². The molecule has 0 saturated heterocycles. The molecule has 2 N–H and O–H groups in total. The van der Waals surface area contributed by atoms with Crippen LogP contribution in [-0.2, 0) is 22.9 Å². The SMILES string of the molecule is O=S(=O)(NCC[C@H](O)c1ccsc1)c1ccc2c(c1)CCCC2. The van der Waals surface area contributed by atoms with Gasteiger partial charge in [-0.25, -0.2) is 13.1 Å². The summed E-state index contributed by atoms with van der Waals surface area (Å²) in [6, 6.07) is 7.27. The second kappa shape index (κ2) is 7.13. The lowest BCUT2D eigenvalue weighted by Crippen LogP contribution is -2.26. The Hall–Kier alpha value is -1.21. The number of hydrogen-bond donors (Lipinski definition) is 2. The summed E-state index contributed by atoms with van der Waals surface area (Å²) in [6.45, 7) is 0.219. The molecule has 1 aliphatic carbocycles. The van der Waals surface area contributed by atoms with Gasteiger partial charge in [-0.2, -0.15) is 11.3 Å². The van der Waals surface area contributed by atoms with Crippen molar-refractivity contribution in [2.45, 2.75) is 43.1 Å². The zero-order valence-corrected chi connectivity index (χ0v) is 14.5. The van der Waals surface area contributed by atoms with Gasteiger partial charge in [-0.05, 0) is 77.8 Å². The molecular weight excluding hydrogens is 330 g/mol. The summed E-state index contributed by atoms with van der Waals surface area (Å²) in [4.78, 5) is 0.322. The molecule has 0 unspecified atom stereocenters. The number of sulfonamides is 1. The molecule has 1 aliphatic rings. The largest absolute Gasteiger partial charge is 0.388 e. The Morgan fingerprint density at radius 3 is 2.70 bits per heavy atom. The fourth-order valence-electron chi connectivity index (χ4n) is 2.92. The molecular formula is C17H21NO3S2. The van der Waals surface area contributed by atoms with Gasteiger partial charge in [0.25, 0.3) is 0 Å². The smallest absolute Gasteiger partial charge is 0.240 e. The lowest BCUT2D eigenvalue weighted by molar-refractivity contribution is 0.169. The van der Waals surface area contributed by atoms with E-state index in [1.807, 2.05) is 22.9 Å². The maximum atomic E-state index is 12.4. The van der Waals surface area contributed by atoms with E-state index in [1.165, 1.54) is 23.3 Å². The molecule has 124 valence electrons. The van der Waals surface area contributed by atoms with E-state index in [9.17, 15) is 13.5 Å². The van der Waals surface area contributed by atoms with E-state index in [1.54, 1.807) is 12.1 Å². The molecule has 0 spiro atoms. The highest BCUT2D eigenvalue weighted by Gasteiger charge is 2.18. The number of aliphatic hydroxyl groups excluding tert-OH is 1. The highest BCUT2D eigenvalue weighted by Crippen LogP contribution is 2.24. The Morgan fingerprint density at radius 1 is 1.17 bits per heavy atom. The number of benzene rings is 1. The third-order valence-corrected chi connectivity index (χ3v) is 6.43. The zero-order valence-electron chi connectivity index (χ0n) is 12.9. The molecule has 0 fully saturated rings. The minimum atomic E-state index is -3.52. The summed E-state index contributed by atoms with van der Waals surface area (Å²) < 4.78 is 27.4. The summed E-state index contributed by atoms with van der Waals surface area (Å²) in [5.41, 5.74) is 3.25. The third-order valence-electron chi connectivity index (χ3n) is 4.27. The molecule has 1 aromatic heterocycles. The monoisotopic (exact) mass is 351 g/mol. The van der Waals surface area contributed by atoms with Crippen molar-refractivity contribution in [2.24, 2.45) is 0 Å². The number of aliphatic hydroxyl groups is 1. The molecule has 3 rings (SSSR count). The normalized spacial score (nSPS) is 16.0. The third kappa shape index (κ3) is 4.01. The fraction of sp³-hybridized carbons (Fsp3) is 0.412. The number of nitrogens with one attached hydrogen (secondary N) is 1. The van der Waals surface area contributed by atoms with Gasteiger partial charge >= 0.3 is 0 Å². The molecule has 2 aromatic rings. The molecule has 0 bridgehead atoms. The average molecular weight is 351 g/mol. The maximum Gasteiger partial charge on any atom is 0.240 e. The lowest BCUT2D eigenvalue weighted by atomic mass is 9.92. The van der Waals surface area contributed by atoms with Crippen molar-refractivity contribution in [1.29, 1.82) is 0 Å². The molecule has 1 heterocycles. The van der Waals surface area contributed by atoms with Crippen LogP contribution in [-0.4, -0.2) is 20.1 Å². The number of aryl methyl sites for hydroxylation is 2. The summed E-state index contributed by atoms with van der Waals surface area (Å²) >= 11 is 1.52. The van der Waals surface area contributed by atoms with Crippen LogP contribution < -0.4 is 4.72 Å². The zero-order chi connectivity index (χ0) is 16.3. The number of rotatable bonds is 6. The fourth-order valence-corrected chi connectivity index (χ4v) is 4.73. The quantitative estimate of drug-likeness (QED) is 0.841. The summed E-state index contributed by atoms with van der Waals surface area (Å²) in [5, 5.41) is 13.8. The van der Waals surface area contributed by atoms with E-state index in [4.69, 9.17) is 0 Å². The first-order valence-corrected chi connectivity index (χ1v) is 10.3. The number of hydrogen-bond acceptors (Lipinski definition) is 4. The summed E-state index contributed by atoms with van der Waals surface area (Å²) in [6.07, 6.45) is 4.02. The Labute approximate surface area is 141 Å². The minimum absolute atomic E-state index is 0.219. The van der Waals surface area contributed by atoms with Crippen LogP contribution >= 0.6 is 11.3 Å². The molecule has 23 heavy (non-hydrogen) atoms. The van der Waals surface area contributed by atoms with E-state index in [2.05, 4.69) is 4.72 Å². The van der Waals surface area contributed by atoms with Crippen LogP contribution in [0.4, 0.5) is 0 Å². The van der Waals surface area contributed by atoms with Crippen LogP contribution in [0.5, 0.6) is 0 Å². The van der Waals surface area contributed by atoms with Crippen LogP contribution in [0.25, 0.3) is 0 Å². The van der Waals surface area contributed by atoms with Crippen molar-refractivity contribution in [3.05, 3.63) is 51.7 Å². The summed E-state index contributed by atoms with van der Waals surface area (Å²) in [7, 11) is -3.52. The predicted octanol–water partition coefficient (Wildman–Crippen LogP) is 3.03. The van der Waals surface area contributed by atoms with Crippen molar-refractivity contribution in [3.63, 3.8) is 0 Å². The molecule has 1 aromatic carbocycles. The van der Waals surface area contributed by atoms with Gasteiger partial charge in [0.1, 0.15) is 0 Å². The van der Waals surface area contributed by atoms with Gasteiger partial charge in [-0.3, -0.25) is 0 Å². The van der Waals surface area contributed by atoms with E-state index in [0.717, 1.165) is 30.4 Å². The Balaban J connectivity index is 1.63. The van der Waals surface area contributed by atoms with Crippen molar-refractivity contribution >= 4 is 21.4 Å². The Kier molecular flexibility index (Phi) is 5.16. The van der Waals surface area contributed by atoms with Crippen molar-refractivity contribution in [2.75, 3.05) is 6.54 Å². The average Bonchev–Trinajstić information content (AvgIpc) is 3.08. The first-order chi connectivity index (χ1) is 11.1. The van der Waals surface area contributed by atoms with Crippen LogP contribution in [0, 0.1) is 0 Å². The Morgan fingerprint density at radius 2 is 1.96 bits per heavy atom. The van der Waals surface area contributed by atoms with Crippen LogP contribution in [0.15, 0.2) is 39.9 Å². The minimum Gasteiger partial charge on any atom is -0.388 e. The van der Waals surface area contributed by atoms with Crippen LogP contribution in [0.1, 0.15) is 42.1 Å². The van der Waals surface area contributed by atoms with Crippen LogP contribution in [0.2, 0.25) is 0 Å². The predicted molar refractivity (Wildman–Crippen MR) is 92.2 cm³/mol. The van der Waals surface area contributed by atoms with E-state index < -0.39 is 16.1 Å². The number of thiophene rings is 1. The standard InChI is InChI=1S/C17H21NO3S2/c19-17(15-8-10-22-12-15)7-9-18-23(20,21)16-6-5-13-3-1-2-4-14(13)11-16/h5-6,8,10-12,17-19H,1-4,7,9H2/t17-/m0/s1. The van der Waals surface area contributed by atoms with Gasteiger partial charge in [0.05, 0.1) is 11.0 Å². The van der Waals surface area contributed by atoms with E-state index in [0.29, 0.717) is 11.3 Å². The highest BCUT2D eigenvalue weighted by molar-refractivity contribution is 7.89. The maximum absolute atomic E-state index is 12.4. The van der Waals surface area contributed by atoms with E-state index >= 15 is 0 Å². The van der Waals surface area contributed by atoms with E-state index in [-0.39, 0.29) is 6.54 Å². The molecule has 0 aliphatic heterocycles. The lowest BCUT2D eigenvalue weighted by Gasteiger charge is -2.17. The van der Waals surface area contributed by atoms with Gasteiger partial charge in [-0.15, -0.1) is 0 Å². The van der Waals surface area contributed by atoms with Crippen molar-refractivity contribution in [3.8, 4) is 0 Å². The highest BCUT2D eigenvalue weighted by atomic mass is 32.2. The van der Waals surface area contributed by atoms with Gasteiger partial charge in [-0.1, -0.05) is 6.07 Å². The second-order valence-electron chi connectivity index (χ2n) is 5.90. The first kappa shape index (κ1) is 16.6. The molecule has 0 radical (unpaired) electrons. The molecule has 0 saturated carbocycles. The first-order valence-electron chi connectivity index (χ1n) is 7.88. The van der Waals surface area contributed by atoms with Crippen molar-refractivity contribution < 1.29 is 13.5 Å². The topological polar surface area (TPSA) is 66.4 Å². The molecule has 4 nitrogen and oxygen atoms in total. The molecule has 0 amide bonds. The van der Waals surface area contributed by atoms with Crippen molar-refractivity contribution in [1.82, 2.24) is 4.72 Å². The second-order valence-corrected chi connectivity index (χ2v) is 8.44. The van der Waals surface area contributed by atoms with Gasteiger partial charge < -0.3 is 5.11 Å². The van der Waals surface area contributed by atoms with Gasteiger partial charge in [0.15, 0.2) is 0 Å².